The van der Waals surface area contributed by atoms with E-state index in [0.29, 0.717) is 24.7 Å². The highest BCUT2D eigenvalue weighted by Crippen LogP contribution is 2.36. The Labute approximate surface area is 119 Å². The summed E-state index contributed by atoms with van der Waals surface area (Å²) in [6.45, 7) is 5.29. The van der Waals surface area contributed by atoms with Crippen LogP contribution in [0.1, 0.15) is 44.7 Å². The predicted molar refractivity (Wildman–Crippen MR) is 80.6 cm³/mol. The fourth-order valence-electron chi connectivity index (χ4n) is 3.22. The lowest BCUT2D eigenvalue weighted by Crippen LogP contribution is -2.41. The smallest absolute Gasteiger partial charge is 0.0487 e. The monoisotopic (exact) mass is 310 g/mol. The molecule has 1 aliphatic heterocycles. The number of nitrogens with two attached hydrogens (primary N) is 1. The van der Waals surface area contributed by atoms with Crippen molar-refractivity contribution in [1.82, 2.24) is 4.90 Å². The second-order valence-electron chi connectivity index (χ2n) is 5.21. The SMILES string of the molecule is CCC1CCC(C)N1C(CN)c1ccccc1Br. The van der Waals surface area contributed by atoms with Gasteiger partial charge in [0.1, 0.15) is 0 Å². The van der Waals surface area contributed by atoms with Crippen molar-refractivity contribution in [2.45, 2.75) is 51.2 Å². The Hall–Kier alpha value is -0.380. The van der Waals surface area contributed by atoms with Crippen LogP contribution in [0.25, 0.3) is 0 Å². The second-order valence-corrected chi connectivity index (χ2v) is 6.06. The van der Waals surface area contributed by atoms with E-state index in [1.807, 2.05) is 0 Å². The highest BCUT2D eigenvalue weighted by molar-refractivity contribution is 9.10. The van der Waals surface area contributed by atoms with Crippen LogP contribution in [0.15, 0.2) is 28.7 Å². The average molecular weight is 311 g/mol. The molecule has 3 unspecified atom stereocenters. The summed E-state index contributed by atoms with van der Waals surface area (Å²) < 4.78 is 1.18. The summed E-state index contributed by atoms with van der Waals surface area (Å²) in [6.07, 6.45) is 3.81. The summed E-state index contributed by atoms with van der Waals surface area (Å²) in [4.78, 5) is 2.63. The van der Waals surface area contributed by atoms with Crippen LogP contribution in [0.5, 0.6) is 0 Å². The highest BCUT2D eigenvalue weighted by atomic mass is 79.9. The third kappa shape index (κ3) is 2.63. The lowest BCUT2D eigenvalue weighted by atomic mass is 10.0. The van der Waals surface area contributed by atoms with E-state index in [0.717, 1.165) is 0 Å². The molecule has 3 heteroatoms. The zero-order valence-electron chi connectivity index (χ0n) is 11.3. The molecule has 2 N–H and O–H groups in total. The third-order valence-electron chi connectivity index (χ3n) is 4.17. The summed E-state index contributed by atoms with van der Waals surface area (Å²) in [5.74, 6) is 0. The van der Waals surface area contributed by atoms with Crippen molar-refractivity contribution >= 4 is 15.9 Å². The minimum atomic E-state index is 0.336. The molecule has 0 saturated carbocycles. The van der Waals surface area contributed by atoms with Gasteiger partial charge in [-0.05, 0) is 37.8 Å². The van der Waals surface area contributed by atoms with Crippen LogP contribution in [0.3, 0.4) is 0 Å². The molecule has 3 atom stereocenters. The van der Waals surface area contributed by atoms with E-state index in [1.165, 1.54) is 29.3 Å². The van der Waals surface area contributed by atoms with E-state index < -0.39 is 0 Å². The minimum Gasteiger partial charge on any atom is -0.329 e. The molecule has 18 heavy (non-hydrogen) atoms. The molecule has 2 nitrogen and oxygen atoms in total. The van der Waals surface area contributed by atoms with E-state index in [1.54, 1.807) is 0 Å². The molecular formula is C15H23BrN2. The molecule has 1 aliphatic rings. The molecule has 0 spiro atoms. The number of benzene rings is 1. The van der Waals surface area contributed by atoms with Gasteiger partial charge in [-0.3, -0.25) is 4.90 Å². The molecule has 100 valence electrons. The number of rotatable bonds is 4. The van der Waals surface area contributed by atoms with Gasteiger partial charge in [-0.2, -0.15) is 0 Å². The first-order valence-electron chi connectivity index (χ1n) is 6.91. The van der Waals surface area contributed by atoms with Crippen molar-refractivity contribution in [2.24, 2.45) is 5.73 Å². The Kier molecular flexibility index (Phi) is 4.82. The zero-order chi connectivity index (χ0) is 13.1. The maximum atomic E-state index is 6.07. The van der Waals surface area contributed by atoms with Crippen molar-refractivity contribution < 1.29 is 0 Å². The number of likely N-dealkylation sites (tertiary alicyclic amines) is 1. The Morgan fingerprint density at radius 2 is 2.11 bits per heavy atom. The lowest BCUT2D eigenvalue weighted by molar-refractivity contribution is 0.136. The number of hydrogen-bond acceptors (Lipinski definition) is 2. The molecule has 0 amide bonds. The van der Waals surface area contributed by atoms with Gasteiger partial charge in [0.05, 0.1) is 0 Å². The second kappa shape index (κ2) is 6.18. The Bertz CT molecular complexity index is 394. The van der Waals surface area contributed by atoms with Crippen LogP contribution in [-0.2, 0) is 0 Å². The van der Waals surface area contributed by atoms with Gasteiger partial charge in [0, 0.05) is 29.1 Å². The van der Waals surface area contributed by atoms with E-state index >= 15 is 0 Å². The van der Waals surface area contributed by atoms with Gasteiger partial charge < -0.3 is 5.73 Å². The first-order valence-corrected chi connectivity index (χ1v) is 7.70. The Morgan fingerprint density at radius 1 is 1.39 bits per heavy atom. The fraction of sp³-hybridized carbons (Fsp3) is 0.600. The van der Waals surface area contributed by atoms with Gasteiger partial charge in [0.25, 0.3) is 0 Å². The minimum absolute atomic E-state index is 0.336. The topological polar surface area (TPSA) is 29.3 Å². The molecule has 0 aliphatic carbocycles. The van der Waals surface area contributed by atoms with Crippen molar-refractivity contribution in [2.75, 3.05) is 6.54 Å². The van der Waals surface area contributed by atoms with Crippen molar-refractivity contribution in [1.29, 1.82) is 0 Å². The van der Waals surface area contributed by atoms with Gasteiger partial charge in [0.15, 0.2) is 0 Å². The molecule has 0 bridgehead atoms. The Balaban J connectivity index is 2.30. The maximum absolute atomic E-state index is 6.07. The van der Waals surface area contributed by atoms with Crippen LogP contribution >= 0.6 is 15.9 Å². The average Bonchev–Trinajstić information content (AvgIpc) is 2.74. The largest absolute Gasteiger partial charge is 0.329 e. The van der Waals surface area contributed by atoms with Crippen molar-refractivity contribution in [3.63, 3.8) is 0 Å². The first kappa shape index (κ1) is 14.0. The summed E-state index contributed by atoms with van der Waals surface area (Å²) >= 11 is 3.66. The van der Waals surface area contributed by atoms with Crippen LogP contribution in [0.2, 0.25) is 0 Å². The van der Waals surface area contributed by atoms with Gasteiger partial charge >= 0.3 is 0 Å². The summed E-state index contributed by atoms with van der Waals surface area (Å²) in [7, 11) is 0. The van der Waals surface area contributed by atoms with Crippen LogP contribution < -0.4 is 5.73 Å². The van der Waals surface area contributed by atoms with Crippen molar-refractivity contribution in [3.05, 3.63) is 34.3 Å². The van der Waals surface area contributed by atoms with E-state index in [4.69, 9.17) is 5.73 Å². The van der Waals surface area contributed by atoms with E-state index in [2.05, 4.69) is 58.9 Å². The molecule has 1 aromatic rings. The molecule has 1 saturated heterocycles. The molecular weight excluding hydrogens is 288 g/mol. The van der Waals surface area contributed by atoms with Crippen molar-refractivity contribution in [3.8, 4) is 0 Å². The van der Waals surface area contributed by atoms with Gasteiger partial charge in [-0.25, -0.2) is 0 Å². The fourth-order valence-corrected chi connectivity index (χ4v) is 3.77. The molecule has 1 aromatic carbocycles. The summed E-state index contributed by atoms with van der Waals surface area (Å²) in [5.41, 5.74) is 7.40. The van der Waals surface area contributed by atoms with Gasteiger partial charge in [-0.15, -0.1) is 0 Å². The van der Waals surface area contributed by atoms with E-state index in [-0.39, 0.29) is 0 Å². The molecule has 1 heterocycles. The normalized spacial score (nSPS) is 26.4. The Morgan fingerprint density at radius 3 is 2.72 bits per heavy atom. The van der Waals surface area contributed by atoms with Crippen LogP contribution in [-0.4, -0.2) is 23.5 Å². The molecule has 1 fully saturated rings. The quantitative estimate of drug-likeness (QED) is 0.918. The number of halogens is 1. The zero-order valence-corrected chi connectivity index (χ0v) is 12.9. The van der Waals surface area contributed by atoms with E-state index in [9.17, 15) is 0 Å². The highest BCUT2D eigenvalue weighted by Gasteiger charge is 2.35. The number of nitrogens with zero attached hydrogens (tertiary/aromatic N) is 1. The molecule has 0 radical (unpaired) electrons. The maximum Gasteiger partial charge on any atom is 0.0487 e. The lowest BCUT2D eigenvalue weighted by Gasteiger charge is -2.36. The standard InChI is InChI=1S/C15H23BrN2/c1-3-12-9-8-11(2)18(12)15(10-17)13-6-4-5-7-14(13)16/h4-7,11-12,15H,3,8-10,17H2,1-2H3. The molecule has 2 rings (SSSR count). The van der Waals surface area contributed by atoms with Gasteiger partial charge in [-0.1, -0.05) is 41.1 Å². The van der Waals surface area contributed by atoms with Crippen LogP contribution in [0.4, 0.5) is 0 Å². The number of hydrogen-bond donors (Lipinski definition) is 1. The predicted octanol–water partition coefficient (Wildman–Crippen LogP) is 3.71. The summed E-state index contributed by atoms with van der Waals surface area (Å²) in [6, 6.07) is 10.1. The van der Waals surface area contributed by atoms with Gasteiger partial charge in [0.2, 0.25) is 0 Å². The third-order valence-corrected chi connectivity index (χ3v) is 4.89. The summed E-state index contributed by atoms with van der Waals surface area (Å²) in [5, 5.41) is 0. The van der Waals surface area contributed by atoms with Crippen LogP contribution in [0, 0.1) is 0 Å². The first-order chi connectivity index (χ1) is 8.69. The molecule has 0 aromatic heterocycles.